The SMILES string of the molecule is N#CCCCS(=O)(=O)N1CC=C(c2cc(N(C=O)C3CC3)nc3[nH]ccc23)CC1. The highest BCUT2D eigenvalue weighted by atomic mass is 32.2. The second-order valence-electron chi connectivity index (χ2n) is 7.43. The summed E-state index contributed by atoms with van der Waals surface area (Å²) in [5.41, 5.74) is 2.76. The summed E-state index contributed by atoms with van der Waals surface area (Å²) in [5, 5.41) is 9.58. The van der Waals surface area contributed by atoms with Crippen LogP contribution in [0.4, 0.5) is 5.82 Å². The van der Waals surface area contributed by atoms with Crippen LogP contribution >= 0.6 is 0 Å². The molecule has 1 N–H and O–H groups in total. The zero-order valence-electron chi connectivity index (χ0n) is 16.0. The first-order valence-corrected chi connectivity index (χ1v) is 11.4. The smallest absolute Gasteiger partial charge is 0.215 e. The quantitative estimate of drug-likeness (QED) is 0.528. The largest absolute Gasteiger partial charge is 0.346 e. The van der Waals surface area contributed by atoms with Crippen LogP contribution in [-0.2, 0) is 14.8 Å². The maximum Gasteiger partial charge on any atom is 0.215 e. The highest BCUT2D eigenvalue weighted by molar-refractivity contribution is 7.89. The van der Waals surface area contributed by atoms with Gasteiger partial charge in [0, 0.05) is 37.1 Å². The van der Waals surface area contributed by atoms with E-state index in [4.69, 9.17) is 5.26 Å². The first-order valence-electron chi connectivity index (χ1n) is 9.79. The third kappa shape index (κ3) is 4.04. The van der Waals surface area contributed by atoms with Crippen molar-refractivity contribution in [2.45, 2.75) is 38.1 Å². The molecule has 3 heterocycles. The van der Waals surface area contributed by atoms with Gasteiger partial charge in [0.25, 0.3) is 0 Å². The summed E-state index contributed by atoms with van der Waals surface area (Å²) in [6.07, 6.45) is 7.76. The van der Waals surface area contributed by atoms with Gasteiger partial charge in [-0.1, -0.05) is 6.08 Å². The average molecular weight is 414 g/mol. The van der Waals surface area contributed by atoms with Gasteiger partial charge in [0.15, 0.2) is 0 Å². The topological polar surface area (TPSA) is 110 Å². The van der Waals surface area contributed by atoms with E-state index in [1.54, 1.807) is 4.90 Å². The van der Waals surface area contributed by atoms with Crippen LogP contribution in [0.15, 0.2) is 24.4 Å². The van der Waals surface area contributed by atoms with Gasteiger partial charge in [-0.25, -0.2) is 13.4 Å². The molecule has 0 radical (unpaired) electrons. The fourth-order valence-electron chi connectivity index (χ4n) is 3.71. The molecular weight excluding hydrogens is 390 g/mol. The zero-order chi connectivity index (χ0) is 20.4. The Morgan fingerprint density at radius 2 is 2.24 bits per heavy atom. The first kappa shape index (κ1) is 19.6. The van der Waals surface area contributed by atoms with Crippen molar-refractivity contribution in [1.29, 1.82) is 5.26 Å². The van der Waals surface area contributed by atoms with Crippen LogP contribution in [0.5, 0.6) is 0 Å². The summed E-state index contributed by atoms with van der Waals surface area (Å²) in [7, 11) is -3.36. The van der Waals surface area contributed by atoms with E-state index in [-0.39, 0.29) is 18.2 Å². The van der Waals surface area contributed by atoms with Crippen LogP contribution in [-0.4, -0.2) is 54.0 Å². The number of sulfonamides is 1. The molecule has 9 heteroatoms. The van der Waals surface area contributed by atoms with Crippen molar-refractivity contribution in [3.63, 3.8) is 0 Å². The van der Waals surface area contributed by atoms with Gasteiger partial charge in [-0.3, -0.25) is 9.69 Å². The standard InChI is InChI=1S/C20H23N5O3S/c21-8-1-2-12-29(27,28)24-10-6-15(7-11-24)18-13-19(25(14-26)16-3-4-16)23-20-17(18)5-9-22-20/h5-6,9,13-14,16H,1-4,7,10-12H2,(H,22,23). The summed E-state index contributed by atoms with van der Waals surface area (Å²) >= 11 is 0. The van der Waals surface area contributed by atoms with Gasteiger partial charge >= 0.3 is 0 Å². The number of H-pyrrole nitrogens is 1. The third-order valence-electron chi connectivity index (χ3n) is 5.44. The van der Waals surface area contributed by atoms with Gasteiger partial charge in [-0.15, -0.1) is 0 Å². The van der Waals surface area contributed by atoms with Gasteiger partial charge in [0.1, 0.15) is 11.5 Å². The lowest BCUT2D eigenvalue weighted by molar-refractivity contribution is -0.107. The summed E-state index contributed by atoms with van der Waals surface area (Å²) in [4.78, 5) is 21.0. The Labute approximate surface area is 169 Å². The lowest BCUT2D eigenvalue weighted by Gasteiger charge is -2.26. The summed E-state index contributed by atoms with van der Waals surface area (Å²) in [5.74, 6) is 0.626. The molecular formula is C20H23N5O3S. The second kappa shape index (κ2) is 7.97. The number of aromatic nitrogens is 2. The predicted octanol–water partition coefficient (Wildman–Crippen LogP) is 2.41. The number of nitrogens with zero attached hydrogens (tertiary/aromatic N) is 4. The highest BCUT2D eigenvalue weighted by Gasteiger charge is 2.31. The number of carbonyl (C=O) groups excluding carboxylic acids is 1. The Morgan fingerprint density at radius 3 is 2.90 bits per heavy atom. The van der Waals surface area contributed by atoms with Crippen molar-refractivity contribution in [3.05, 3.63) is 30.0 Å². The molecule has 2 aromatic rings. The molecule has 29 heavy (non-hydrogen) atoms. The van der Waals surface area contributed by atoms with Gasteiger partial charge in [0.2, 0.25) is 16.4 Å². The number of amides is 1. The molecule has 2 aliphatic rings. The van der Waals surface area contributed by atoms with Crippen molar-refractivity contribution >= 4 is 38.9 Å². The number of fused-ring (bicyclic) bond motifs is 1. The molecule has 0 saturated heterocycles. The molecule has 4 rings (SSSR count). The Bertz CT molecular complexity index is 1100. The van der Waals surface area contributed by atoms with Crippen molar-refractivity contribution in [2.75, 3.05) is 23.7 Å². The van der Waals surface area contributed by atoms with E-state index in [1.807, 2.05) is 30.5 Å². The number of carbonyl (C=O) groups is 1. The normalized spacial score (nSPS) is 17.7. The number of nitriles is 1. The number of pyridine rings is 1. The summed E-state index contributed by atoms with van der Waals surface area (Å²) in [6, 6.07) is 6.09. The molecule has 152 valence electrons. The number of anilines is 1. The molecule has 0 aromatic carbocycles. The molecule has 2 aromatic heterocycles. The minimum atomic E-state index is -3.36. The van der Waals surface area contributed by atoms with Crippen LogP contribution < -0.4 is 4.90 Å². The van der Waals surface area contributed by atoms with Crippen molar-refractivity contribution < 1.29 is 13.2 Å². The van der Waals surface area contributed by atoms with E-state index >= 15 is 0 Å². The second-order valence-corrected chi connectivity index (χ2v) is 9.52. The molecule has 0 unspecified atom stereocenters. The third-order valence-corrected chi connectivity index (χ3v) is 7.36. The molecule has 1 saturated carbocycles. The number of aromatic amines is 1. The number of unbranched alkanes of at least 4 members (excludes halogenated alkanes) is 1. The van der Waals surface area contributed by atoms with Gasteiger partial charge in [-0.2, -0.15) is 9.57 Å². The van der Waals surface area contributed by atoms with E-state index in [2.05, 4.69) is 9.97 Å². The molecule has 1 aliphatic heterocycles. The lowest BCUT2D eigenvalue weighted by Crippen LogP contribution is -2.36. The Kier molecular flexibility index (Phi) is 5.39. The zero-order valence-corrected chi connectivity index (χ0v) is 16.9. The maximum absolute atomic E-state index is 12.5. The van der Waals surface area contributed by atoms with Gasteiger partial charge in [-0.05, 0) is 49.0 Å². The molecule has 1 amide bonds. The molecule has 8 nitrogen and oxygen atoms in total. The molecule has 1 fully saturated rings. The summed E-state index contributed by atoms with van der Waals surface area (Å²) < 4.78 is 26.4. The van der Waals surface area contributed by atoms with Crippen LogP contribution in [0.25, 0.3) is 16.6 Å². The Morgan fingerprint density at radius 1 is 1.41 bits per heavy atom. The van der Waals surface area contributed by atoms with Crippen LogP contribution in [0.1, 0.15) is 37.7 Å². The number of nitrogens with one attached hydrogen (secondary N) is 1. The molecule has 0 bridgehead atoms. The van der Waals surface area contributed by atoms with E-state index in [0.717, 1.165) is 41.4 Å². The van der Waals surface area contributed by atoms with Crippen LogP contribution in [0.2, 0.25) is 0 Å². The molecule has 0 spiro atoms. The van der Waals surface area contributed by atoms with Crippen molar-refractivity contribution in [3.8, 4) is 6.07 Å². The van der Waals surface area contributed by atoms with E-state index < -0.39 is 10.0 Å². The first-order chi connectivity index (χ1) is 14.0. The van der Waals surface area contributed by atoms with Crippen molar-refractivity contribution in [2.24, 2.45) is 0 Å². The maximum atomic E-state index is 12.5. The minimum Gasteiger partial charge on any atom is -0.346 e. The van der Waals surface area contributed by atoms with E-state index in [0.29, 0.717) is 31.7 Å². The van der Waals surface area contributed by atoms with Crippen molar-refractivity contribution in [1.82, 2.24) is 14.3 Å². The van der Waals surface area contributed by atoms with Gasteiger partial charge < -0.3 is 4.98 Å². The number of rotatable bonds is 8. The lowest BCUT2D eigenvalue weighted by atomic mass is 9.98. The fraction of sp³-hybridized carbons (Fsp3) is 0.450. The fourth-order valence-corrected chi connectivity index (χ4v) is 5.15. The summed E-state index contributed by atoms with van der Waals surface area (Å²) in [6.45, 7) is 0.720. The highest BCUT2D eigenvalue weighted by Crippen LogP contribution is 2.35. The van der Waals surface area contributed by atoms with Crippen LogP contribution in [0.3, 0.4) is 0 Å². The predicted molar refractivity (Wildman–Crippen MR) is 110 cm³/mol. The number of hydrogen-bond donors (Lipinski definition) is 1. The Balaban J connectivity index is 1.60. The Hall–Kier alpha value is -2.70. The molecule has 1 aliphatic carbocycles. The molecule has 0 atom stereocenters. The van der Waals surface area contributed by atoms with Gasteiger partial charge in [0.05, 0.1) is 11.8 Å². The van der Waals surface area contributed by atoms with E-state index in [9.17, 15) is 13.2 Å². The monoisotopic (exact) mass is 413 g/mol. The van der Waals surface area contributed by atoms with E-state index in [1.165, 1.54) is 4.31 Å². The average Bonchev–Trinajstić information content (AvgIpc) is 3.44. The van der Waals surface area contributed by atoms with Crippen LogP contribution in [0, 0.1) is 11.3 Å². The number of hydrogen-bond acceptors (Lipinski definition) is 5. The minimum absolute atomic E-state index is 0.000871.